The van der Waals surface area contributed by atoms with Crippen molar-refractivity contribution in [3.8, 4) is 22.6 Å². The lowest BCUT2D eigenvalue weighted by molar-refractivity contribution is -0.139. The second-order valence-electron chi connectivity index (χ2n) is 9.47. The number of aryl methyl sites for hydroxylation is 2. The minimum absolute atomic E-state index is 0.0604. The van der Waals surface area contributed by atoms with Crippen molar-refractivity contribution < 1.29 is 46.1 Å². The second-order valence-corrected chi connectivity index (χ2v) is 9.47. The highest BCUT2D eigenvalue weighted by atomic mass is 19.4. The third kappa shape index (κ3) is 6.48. The Labute approximate surface area is 235 Å². The average molecular weight is 589 g/mol. The van der Waals surface area contributed by atoms with Gasteiger partial charge in [-0.2, -0.15) is 26.3 Å². The van der Waals surface area contributed by atoms with E-state index in [0.29, 0.717) is 24.3 Å². The van der Waals surface area contributed by atoms with E-state index in [1.807, 2.05) is 0 Å². The number of carbonyl (C=O) groups excluding carboxylic acids is 2. The van der Waals surface area contributed by atoms with Gasteiger partial charge in [0.05, 0.1) is 22.5 Å². The van der Waals surface area contributed by atoms with Crippen LogP contribution in [0.25, 0.3) is 11.1 Å². The topological polar surface area (TPSA) is 98.7 Å². The number of hydrogen-bond donors (Lipinski definition) is 4. The number of carbonyl (C=O) groups is 2. The van der Waals surface area contributed by atoms with E-state index < -0.39 is 69.3 Å². The molecule has 0 bridgehead atoms. The number of hydrogen-bond acceptors (Lipinski definition) is 4. The standard InChI is InChI=1S/C30H22F6N2O4/c1-15-3-7-17(8-4-15)27(41)37-23-13-21(29(31,32)33)19(11-25(23)39)20-12-26(40)24(14-22(20)30(34,35)36)38-28(42)18-9-5-16(2)6-10-18/h3-14,39-40H,1-2H3,(H,37,41)(H,38,42). The molecule has 0 unspecified atom stereocenters. The molecule has 0 radical (unpaired) electrons. The number of nitrogens with one attached hydrogen (secondary N) is 2. The minimum atomic E-state index is -5.25. The summed E-state index contributed by atoms with van der Waals surface area (Å²) in [5.74, 6) is -3.65. The number of halogens is 6. The van der Waals surface area contributed by atoms with Crippen LogP contribution in [0.3, 0.4) is 0 Å². The third-order valence-electron chi connectivity index (χ3n) is 6.30. The number of anilines is 2. The summed E-state index contributed by atoms with van der Waals surface area (Å²) in [6.07, 6.45) is -10.5. The Hall–Kier alpha value is -5.00. The summed E-state index contributed by atoms with van der Waals surface area (Å²) in [6.45, 7) is 3.50. The maximum absolute atomic E-state index is 14.2. The van der Waals surface area contributed by atoms with E-state index in [1.165, 1.54) is 24.3 Å². The molecule has 0 aliphatic heterocycles. The molecule has 4 aromatic carbocycles. The molecule has 0 fully saturated rings. The van der Waals surface area contributed by atoms with E-state index in [1.54, 1.807) is 38.1 Å². The number of benzene rings is 4. The molecule has 0 atom stereocenters. The van der Waals surface area contributed by atoms with Crippen molar-refractivity contribution in [1.29, 1.82) is 0 Å². The van der Waals surface area contributed by atoms with Gasteiger partial charge >= 0.3 is 12.4 Å². The summed E-state index contributed by atoms with van der Waals surface area (Å²) in [7, 11) is 0. The van der Waals surface area contributed by atoms with Gasteiger partial charge in [-0.05, 0) is 73.5 Å². The zero-order valence-electron chi connectivity index (χ0n) is 21.9. The maximum atomic E-state index is 14.2. The Morgan fingerprint density at radius 1 is 0.571 bits per heavy atom. The predicted molar refractivity (Wildman–Crippen MR) is 143 cm³/mol. The molecule has 0 aliphatic carbocycles. The summed E-state index contributed by atoms with van der Waals surface area (Å²) in [5, 5.41) is 25.2. The van der Waals surface area contributed by atoms with E-state index in [4.69, 9.17) is 0 Å². The van der Waals surface area contributed by atoms with Crippen molar-refractivity contribution in [3.63, 3.8) is 0 Å². The van der Waals surface area contributed by atoms with Crippen LogP contribution in [0.1, 0.15) is 43.0 Å². The zero-order valence-corrected chi connectivity index (χ0v) is 21.9. The van der Waals surface area contributed by atoms with Crippen LogP contribution >= 0.6 is 0 Å². The lowest BCUT2D eigenvalue weighted by Crippen LogP contribution is -2.16. The molecule has 0 spiro atoms. The van der Waals surface area contributed by atoms with E-state index in [2.05, 4.69) is 10.6 Å². The molecule has 4 rings (SSSR count). The van der Waals surface area contributed by atoms with Gasteiger partial charge < -0.3 is 20.8 Å². The van der Waals surface area contributed by atoms with Gasteiger partial charge in [-0.1, -0.05) is 35.4 Å². The van der Waals surface area contributed by atoms with Crippen molar-refractivity contribution in [3.05, 3.63) is 106 Å². The van der Waals surface area contributed by atoms with Crippen LogP contribution in [0.5, 0.6) is 11.5 Å². The van der Waals surface area contributed by atoms with E-state index in [0.717, 1.165) is 11.1 Å². The van der Waals surface area contributed by atoms with Gasteiger partial charge in [0.2, 0.25) is 0 Å². The van der Waals surface area contributed by atoms with Crippen LogP contribution < -0.4 is 10.6 Å². The molecule has 0 aromatic heterocycles. The molecular weight excluding hydrogens is 566 g/mol. The van der Waals surface area contributed by atoms with Crippen molar-refractivity contribution in [1.82, 2.24) is 0 Å². The van der Waals surface area contributed by atoms with Crippen LogP contribution in [-0.4, -0.2) is 22.0 Å². The van der Waals surface area contributed by atoms with Gasteiger partial charge in [-0.25, -0.2) is 0 Å². The van der Waals surface area contributed by atoms with Crippen LogP contribution in [0.15, 0.2) is 72.8 Å². The highest BCUT2D eigenvalue weighted by Gasteiger charge is 2.40. The van der Waals surface area contributed by atoms with Gasteiger partial charge in [0.1, 0.15) is 11.5 Å². The molecule has 0 heterocycles. The Morgan fingerprint density at radius 2 is 0.881 bits per heavy atom. The third-order valence-corrected chi connectivity index (χ3v) is 6.30. The van der Waals surface area contributed by atoms with E-state index in [-0.39, 0.29) is 11.1 Å². The lowest BCUT2D eigenvalue weighted by atomic mass is 9.92. The normalized spacial score (nSPS) is 11.7. The van der Waals surface area contributed by atoms with Gasteiger partial charge in [0.25, 0.3) is 11.8 Å². The summed E-state index contributed by atoms with van der Waals surface area (Å²) in [5.41, 5.74) is -5.14. The highest BCUT2D eigenvalue weighted by molar-refractivity contribution is 6.06. The number of aromatic hydroxyl groups is 2. The van der Waals surface area contributed by atoms with E-state index >= 15 is 0 Å². The fourth-order valence-corrected chi connectivity index (χ4v) is 4.09. The first-order valence-corrected chi connectivity index (χ1v) is 12.2. The number of alkyl halides is 6. The molecule has 42 heavy (non-hydrogen) atoms. The zero-order chi connectivity index (χ0) is 31.0. The molecule has 218 valence electrons. The van der Waals surface area contributed by atoms with Crippen LogP contribution in [0.4, 0.5) is 37.7 Å². The van der Waals surface area contributed by atoms with Gasteiger partial charge in [-0.15, -0.1) is 0 Å². The van der Waals surface area contributed by atoms with Crippen molar-refractivity contribution in [2.24, 2.45) is 0 Å². The SMILES string of the molecule is Cc1ccc(C(=O)Nc2cc(C(F)(F)F)c(-c3cc(O)c(NC(=O)c4ccc(C)cc4)cc3C(F)(F)F)cc2O)cc1. The summed E-state index contributed by atoms with van der Waals surface area (Å²) >= 11 is 0. The first kappa shape index (κ1) is 30.0. The summed E-state index contributed by atoms with van der Waals surface area (Å²) in [6, 6.07) is 13.4. The molecule has 0 saturated carbocycles. The Balaban J connectivity index is 1.80. The molecule has 0 saturated heterocycles. The molecule has 2 amide bonds. The minimum Gasteiger partial charge on any atom is -0.506 e. The molecular formula is C30H22F6N2O4. The first-order chi connectivity index (χ1) is 19.5. The van der Waals surface area contributed by atoms with Crippen LogP contribution in [0.2, 0.25) is 0 Å². The molecule has 4 N–H and O–H groups in total. The quantitative estimate of drug-likeness (QED) is 0.141. The van der Waals surface area contributed by atoms with Gasteiger partial charge in [0.15, 0.2) is 0 Å². The predicted octanol–water partition coefficient (Wildman–Crippen LogP) is 7.92. The first-order valence-electron chi connectivity index (χ1n) is 12.2. The van der Waals surface area contributed by atoms with Gasteiger partial charge in [-0.3, -0.25) is 9.59 Å². The maximum Gasteiger partial charge on any atom is 0.417 e. The second kappa shape index (κ2) is 11.1. The number of rotatable bonds is 5. The highest BCUT2D eigenvalue weighted by Crippen LogP contribution is 2.48. The average Bonchev–Trinajstić information content (AvgIpc) is 2.90. The number of amides is 2. The molecule has 6 nitrogen and oxygen atoms in total. The van der Waals surface area contributed by atoms with Crippen molar-refractivity contribution in [2.75, 3.05) is 10.6 Å². The molecule has 0 aliphatic rings. The summed E-state index contributed by atoms with van der Waals surface area (Å²) in [4.78, 5) is 25.1. The van der Waals surface area contributed by atoms with Crippen molar-refractivity contribution in [2.45, 2.75) is 26.2 Å². The lowest BCUT2D eigenvalue weighted by Gasteiger charge is -2.21. The molecule has 4 aromatic rings. The largest absolute Gasteiger partial charge is 0.506 e. The van der Waals surface area contributed by atoms with Crippen LogP contribution in [-0.2, 0) is 12.4 Å². The monoisotopic (exact) mass is 588 g/mol. The number of phenols is 2. The Bertz CT molecular complexity index is 1540. The Kier molecular flexibility index (Phi) is 7.93. The van der Waals surface area contributed by atoms with E-state index in [9.17, 15) is 46.1 Å². The van der Waals surface area contributed by atoms with Gasteiger partial charge in [0, 0.05) is 11.1 Å². The van der Waals surface area contributed by atoms with Crippen molar-refractivity contribution >= 4 is 23.2 Å². The fraction of sp³-hybridized carbons (Fsp3) is 0.133. The molecule has 12 heteroatoms. The smallest absolute Gasteiger partial charge is 0.417 e. The number of phenolic OH excluding ortho intramolecular Hbond substituents is 2. The Morgan fingerprint density at radius 3 is 1.17 bits per heavy atom. The van der Waals surface area contributed by atoms with Crippen LogP contribution in [0, 0.1) is 13.8 Å². The summed E-state index contributed by atoms with van der Waals surface area (Å²) < 4.78 is 84.9. The fourth-order valence-electron chi connectivity index (χ4n) is 4.09.